The number of carbonyl (C=O) groups excluding carboxylic acids is 1. The second kappa shape index (κ2) is 7.06. The van der Waals surface area contributed by atoms with Crippen molar-refractivity contribution in [2.75, 3.05) is 31.6 Å². The average Bonchev–Trinajstić information content (AvgIpc) is 3.28. The van der Waals surface area contributed by atoms with E-state index in [1.54, 1.807) is 11.0 Å². The number of fused-ring (bicyclic) bond motifs is 1. The highest BCUT2D eigenvalue weighted by molar-refractivity contribution is 6.00. The van der Waals surface area contributed by atoms with E-state index in [1.165, 1.54) is 11.8 Å². The van der Waals surface area contributed by atoms with Crippen molar-refractivity contribution in [3.8, 4) is 0 Å². The van der Waals surface area contributed by atoms with Gasteiger partial charge in [-0.15, -0.1) is 0 Å². The van der Waals surface area contributed by atoms with Crippen molar-refractivity contribution in [1.82, 2.24) is 9.88 Å². The molecule has 4 rings (SSSR count). The van der Waals surface area contributed by atoms with Gasteiger partial charge in [-0.05, 0) is 43.0 Å². The number of benzene rings is 2. The maximum atomic E-state index is 14.0. The molecule has 3 aromatic rings. The third-order valence-electron chi connectivity index (χ3n) is 5.54. The molecule has 4 nitrogen and oxygen atoms in total. The molecule has 1 aromatic heterocycles. The molecule has 2 heterocycles. The minimum atomic E-state index is -0.327. The van der Waals surface area contributed by atoms with Crippen LogP contribution in [-0.2, 0) is 0 Å². The van der Waals surface area contributed by atoms with Crippen LogP contribution in [0.15, 0.2) is 48.5 Å². The zero-order valence-corrected chi connectivity index (χ0v) is 15.7. The first kappa shape index (κ1) is 17.6. The van der Waals surface area contributed by atoms with Gasteiger partial charge in [-0.3, -0.25) is 4.79 Å². The molecule has 1 aliphatic heterocycles. The lowest BCUT2D eigenvalue weighted by molar-refractivity contribution is 0.0771. The number of aromatic nitrogens is 1. The summed E-state index contributed by atoms with van der Waals surface area (Å²) < 4.78 is 14.0. The van der Waals surface area contributed by atoms with Gasteiger partial charge in [0.05, 0.1) is 5.52 Å². The highest BCUT2D eigenvalue weighted by Crippen LogP contribution is 2.26. The lowest BCUT2D eigenvalue weighted by Gasteiger charge is -2.22. The summed E-state index contributed by atoms with van der Waals surface area (Å²) in [6.45, 7) is 4.51. The summed E-state index contributed by atoms with van der Waals surface area (Å²) in [5.41, 5.74) is 2.92. The Labute approximate surface area is 158 Å². The number of anilines is 1. The molecule has 1 atom stereocenters. The molecular weight excluding hydrogens is 341 g/mol. The zero-order valence-electron chi connectivity index (χ0n) is 15.7. The minimum Gasteiger partial charge on any atom is -0.371 e. The van der Waals surface area contributed by atoms with Gasteiger partial charge in [0, 0.05) is 37.8 Å². The molecule has 0 spiro atoms. The quantitative estimate of drug-likeness (QED) is 0.752. The summed E-state index contributed by atoms with van der Waals surface area (Å²) in [6.07, 6.45) is 1.06. The van der Waals surface area contributed by atoms with E-state index in [1.807, 2.05) is 26.1 Å². The Morgan fingerprint density at radius 1 is 1.22 bits per heavy atom. The Kier molecular flexibility index (Phi) is 4.60. The van der Waals surface area contributed by atoms with Crippen LogP contribution in [0, 0.1) is 18.7 Å². The summed E-state index contributed by atoms with van der Waals surface area (Å²) in [6, 6.07) is 15.3. The van der Waals surface area contributed by atoms with Crippen molar-refractivity contribution in [1.29, 1.82) is 0 Å². The molecule has 140 valence electrons. The molecule has 1 amide bonds. The average molecular weight is 365 g/mol. The zero-order chi connectivity index (χ0) is 19.0. The molecule has 1 saturated heterocycles. The SMILES string of the molecule is Cc1c(C(=O)N(C)CC2CCN(c3ccccc3)C2)[nH]c2c(F)cccc12. The lowest BCUT2D eigenvalue weighted by atomic mass is 10.1. The molecule has 1 N–H and O–H groups in total. The molecule has 2 aromatic carbocycles. The van der Waals surface area contributed by atoms with Crippen LogP contribution >= 0.6 is 0 Å². The van der Waals surface area contributed by atoms with Gasteiger partial charge in [-0.25, -0.2) is 4.39 Å². The number of nitrogens with one attached hydrogen (secondary N) is 1. The number of halogens is 1. The molecule has 1 fully saturated rings. The molecule has 27 heavy (non-hydrogen) atoms. The predicted molar refractivity (Wildman–Crippen MR) is 107 cm³/mol. The molecule has 1 unspecified atom stereocenters. The standard InChI is InChI=1S/C22H24FN3O/c1-15-18-9-6-10-19(23)21(18)24-20(15)22(27)25(2)13-16-11-12-26(14-16)17-7-4-3-5-8-17/h3-10,16,24H,11-14H2,1-2H3. The van der Waals surface area contributed by atoms with Gasteiger partial charge in [0.1, 0.15) is 11.5 Å². The van der Waals surface area contributed by atoms with Gasteiger partial charge in [-0.2, -0.15) is 0 Å². The molecule has 5 heteroatoms. The molecule has 0 aliphatic carbocycles. The van der Waals surface area contributed by atoms with Crippen LogP contribution in [0.25, 0.3) is 10.9 Å². The number of hydrogen-bond acceptors (Lipinski definition) is 2. The maximum Gasteiger partial charge on any atom is 0.270 e. The van der Waals surface area contributed by atoms with Crippen molar-refractivity contribution in [3.63, 3.8) is 0 Å². The second-order valence-corrected chi connectivity index (χ2v) is 7.41. The summed E-state index contributed by atoms with van der Waals surface area (Å²) in [5, 5.41) is 0.767. The number of hydrogen-bond donors (Lipinski definition) is 1. The number of aromatic amines is 1. The van der Waals surface area contributed by atoms with Gasteiger partial charge in [0.2, 0.25) is 0 Å². The smallest absolute Gasteiger partial charge is 0.270 e. The van der Waals surface area contributed by atoms with E-state index in [2.05, 4.69) is 34.1 Å². The first-order valence-electron chi connectivity index (χ1n) is 9.37. The van der Waals surface area contributed by atoms with Crippen LogP contribution in [0.4, 0.5) is 10.1 Å². The number of para-hydroxylation sites is 2. The van der Waals surface area contributed by atoms with E-state index in [9.17, 15) is 9.18 Å². The molecule has 0 saturated carbocycles. The first-order chi connectivity index (χ1) is 13.0. The van der Waals surface area contributed by atoms with Gasteiger partial charge in [0.15, 0.2) is 0 Å². The van der Waals surface area contributed by atoms with Crippen LogP contribution in [-0.4, -0.2) is 42.5 Å². The first-order valence-corrected chi connectivity index (χ1v) is 9.37. The summed E-state index contributed by atoms with van der Waals surface area (Å²) in [4.78, 5) is 20.1. The van der Waals surface area contributed by atoms with Gasteiger partial charge in [-0.1, -0.05) is 30.3 Å². The minimum absolute atomic E-state index is 0.0822. The van der Waals surface area contributed by atoms with Crippen molar-refractivity contribution in [2.45, 2.75) is 13.3 Å². The van der Waals surface area contributed by atoms with Gasteiger partial charge in [0.25, 0.3) is 5.91 Å². The largest absolute Gasteiger partial charge is 0.371 e. The third-order valence-corrected chi connectivity index (χ3v) is 5.54. The number of nitrogens with zero attached hydrogens (tertiary/aromatic N) is 2. The van der Waals surface area contributed by atoms with Crippen molar-refractivity contribution in [3.05, 3.63) is 65.6 Å². The third kappa shape index (κ3) is 3.29. The Balaban J connectivity index is 1.46. The summed E-state index contributed by atoms with van der Waals surface area (Å²) in [5.74, 6) is 0.0217. The number of H-pyrrole nitrogens is 1. The lowest BCUT2D eigenvalue weighted by Crippen LogP contribution is -2.33. The van der Waals surface area contributed by atoms with E-state index in [0.29, 0.717) is 23.7 Å². The highest BCUT2D eigenvalue weighted by atomic mass is 19.1. The fraction of sp³-hybridized carbons (Fsp3) is 0.318. The topological polar surface area (TPSA) is 39.3 Å². The molecule has 0 bridgehead atoms. The summed E-state index contributed by atoms with van der Waals surface area (Å²) >= 11 is 0. The van der Waals surface area contributed by atoms with Crippen molar-refractivity contribution in [2.24, 2.45) is 5.92 Å². The normalized spacial score (nSPS) is 16.9. The second-order valence-electron chi connectivity index (χ2n) is 7.41. The maximum absolute atomic E-state index is 14.0. The van der Waals surface area contributed by atoms with E-state index >= 15 is 0 Å². The van der Waals surface area contributed by atoms with Crippen LogP contribution in [0.3, 0.4) is 0 Å². The van der Waals surface area contributed by atoms with Crippen LogP contribution in [0.2, 0.25) is 0 Å². The Morgan fingerprint density at radius 3 is 2.74 bits per heavy atom. The van der Waals surface area contributed by atoms with Crippen LogP contribution < -0.4 is 4.90 Å². The molecule has 1 aliphatic rings. The van der Waals surface area contributed by atoms with E-state index in [-0.39, 0.29) is 11.7 Å². The highest BCUT2D eigenvalue weighted by Gasteiger charge is 2.27. The van der Waals surface area contributed by atoms with Crippen molar-refractivity contribution >= 4 is 22.5 Å². The molecular formula is C22H24FN3O. The monoisotopic (exact) mass is 365 g/mol. The van der Waals surface area contributed by atoms with Gasteiger partial charge < -0.3 is 14.8 Å². The fourth-order valence-corrected chi connectivity index (χ4v) is 4.05. The Bertz CT molecular complexity index is 966. The van der Waals surface area contributed by atoms with Crippen LogP contribution in [0.5, 0.6) is 0 Å². The van der Waals surface area contributed by atoms with Gasteiger partial charge >= 0.3 is 0 Å². The summed E-state index contributed by atoms with van der Waals surface area (Å²) in [7, 11) is 1.83. The number of carbonyl (C=O) groups is 1. The Morgan fingerprint density at radius 2 is 2.00 bits per heavy atom. The van der Waals surface area contributed by atoms with Crippen molar-refractivity contribution < 1.29 is 9.18 Å². The Hall–Kier alpha value is -2.82. The predicted octanol–water partition coefficient (Wildman–Crippen LogP) is 4.21. The number of rotatable bonds is 4. The van der Waals surface area contributed by atoms with E-state index < -0.39 is 0 Å². The number of amides is 1. The molecule has 0 radical (unpaired) electrons. The fourth-order valence-electron chi connectivity index (χ4n) is 4.05. The van der Waals surface area contributed by atoms with E-state index in [4.69, 9.17) is 0 Å². The van der Waals surface area contributed by atoms with E-state index in [0.717, 1.165) is 30.5 Å². The number of aryl methyl sites for hydroxylation is 1. The van der Waals surface area contributed by atoms with Crippen LogP contribution in [0.1, 0.15) is 22.5 Å².